The fraction of sp³-hybridized carbons (Fsp3) is 0.174. The van der Waals surface area contributed by atoms with E-state index in [0.717, 1.165) is 27.5 Å². The fourth-order valence-corrected chi connectivity index (χ4v) is 4.02. The van der Waals surface area contributed by atoms with Crippen molar-refractivity contribution in [3.8, 4) is 5.75 Å². The minimum atomic E-state index is -0.0296. The maximum Gasteiger partial charge on any atom is 0.164 e. The van der Waals surface area contributed by atoms with Gasteiger partial charge in [0.15, 0.2) is 5.78 Å². The number of carbonyl (C=O) groups is 1. The molecule has 27 heavy (non-hydrogen) atoms. The molecule has 3 nitrogen and oxygen atoms in total. The van der Waals surface area contributed by atoms with Crippen molar-refractivity contribution in [2.24, 2.45) is 0 Å². The summed E-state index contributed by atoms with van der Waals surface area (Å²) >= 11 is 1.62. The lowest BCUT2D eigenvalue weighted by Gasteiger charge is -2.18. The van der Waals surface area contributed by atoms with E-state index in [0.29, 0.717) is 13.0 Å². The second kappa shape index (κ2) is 9.28. The summed E-state index contributed by atoms with van der Waals surface area (Å²) in [7, 11) is 0. The van der Waals surface area contributed by atoms with Crippen LogP contribution < -0.4 is 10.5 Å². The maximum absolute atomic E-state index is 12.8. The van der Waals surface area contributed by atoms with Crippen LogP contribution in [0.2, 0.25) is 0 Å². The van der Waals surface area contributed by atoms with Crippen LogP contribution in [0.4, 0.5) is 5.69 Å². The average Bonchev–Trinajstić information content (AvgIpc) is 2.70. The van der Waals surface area contributed by atoms with Gasteiger partial charge in [-0.3, -0.25) is 4.79 Å². The Morgan fingerprint density at radius 3 is 2.30 bits per heavy atom. The molecule has 0 fully saturated rings. The van der Waals surface area contributed by atoms with E-state index in [2.05, 4.69) is 0 Å². The average molecular weight is 378 g/mol. The Hall–Kier alpha value is -2.72. The zero-order valence-electron chi connectivity index (χ0n) is 15.3. The number of nitrogen functional groups attached to an aromatic ring is 1. The first-order valence-corrected chi connectivity index (χ1v) is 9.87. The fourth-order valence-electron chi connectivity index (χ4n) is 2.82. The largest absolute Gasteiger partial charge is 0.494 e. The van der Waals surface area contributed by atoms with E-state index in [1.165, 1.54) is 0 Å². The Labute approximate surface area is 164 Å². The van der Waals surface area contributed by atoms with E-state index in [1.807, 2.05) is 85.8 Å². The second-order valence-electron chi connectivity index (χ2n) is 6.14. The third-order valence-electron chi connectivity index (χ3n) is 4.22. The van der Waals surface area contributed by atoms with E-state index in [1.54, 1.807) is 11.8 Å². The molecule has 0 aliphatic carbocycles. The van der Waals surface area contributed by atoms with E-state index in [4.69, 9.17) is 10.5 Å². The van der Waals surface area contributed by atoms with Crippen molar-refractivity contribution in [3.63, 3.8) is 0 Å². The van der Waals surface area contributed by atoms with Crippen molar-refractivity contribution in [1.29, 1.82) is 0 Å². The number of benzene rings is 3. The molecule has 0 bridgehead atoms. The summed E-state index contributed by atoms with van der Waals surface area (Å²) in [6.07, 6.45) is 0.400. The van der Waals surface area contributed by atoms with Crippen LogP contribution in [0.15, 0.2) is 83.8 Å². The van der Waals surface area contributed by atoms with Crippen molar-refractivity contribution in [2.75, 3.05) is 12.3 Å². The molecule has 0 aliphatic heterocycles. The van der Waals surface area contributed by atoms with Crippen molar-refractivity contribution >= 4 is 23.2 Å². The van der Waals surface area contributed by atoms with Gasteiger partial charge in [-0.1, -0.05) is 54.6 Å². The molecule has 1 atom stereocenters. The predicted molar refractivity (Wildman–Crippen MR) is 112 cm³/mol. The molecule has 0 saturated carbocycles. The number of rotatable bonds is 8. The van der Waals surface area contributed by atoms with Gasteiger partial charge in [0.25, 0.3) is 0 Å². The van der Waals surface area contributed by atoms with Gasteiger partial charge < -0.3 is 10.5 Å². The summed E-state index contributed by atoms with van der Waals surface area (Å²) < 4.78 is 5.53. The number of hydrogen-bond donors (Lipinski definition) is 1. The third-order valence-corrected chi connectivity index (χ3v) is 5.57. The molecule has 0 aliphatic rings. The molecule has 0 heterocycles. The zero-order valence-corrected chi connectivity index (χ0v) is 16.1. The van der Waals surface area contributed by atoms with Gasteiger partial charge in [-0.25, -0.2) is 0 Å². The standard InChI is InChI=1S/C23H23NO2S/c1-2-26-19-14-12-18(13-15-19)23(27-22-11-7-6-10-20(22)24)16-21(25)17-8-4-3-5-9-17/h3-15,23H,2,16,24H2,1H3/t23-/m0/s1. The van der Waals surface area contributed by atoms with Gasteiger partial charge in [0.05, 0.1) is 6.61 Å². The molecule has 2 N–H and O–H groups in total. The lowest BCUT2D eigenvalue weighted by atomic mass is 10.0. The summed E-state index contributed by atoms with van der Waals surface area (Å²) in [5.74, 6) is 0.954. The second-order valence-corrected chi connectivity index (χ2v) is 7.38. The van der Waals surface area contributed by atoms with Crippen LogP contribution in [-0.2, 0) is 0 Å². The van der Waals surface area contributed by atoms with Crippen LogP contribution in [0.3, 0.4) is 0 Å². The topological polar surface area (TPSA) is 52.3 Å². The number of ether oxygens (including phenoxy) is 1. The lowest BCUT2D eigenvalue weighted by molar-refractivity contribution is 0.0982. The number of carbonyl (C=O) groups excluding carboxylic acids is 1. The predicted octanol–water partition coefficient (Wildman–Crippen LogP) is 5.77. The number of Topliss-reactive ketones (excluding diaryl/α,β-unsaturated/α-hetero) is 1. The number of thioether (sulfide) groups is 1. The highest BCUT2D eigenvalue weighted by atomic mass is 32.2. The highest BCUT2D eigenvalue weighted by Gasteiger charge is 2.19. The van der Waals surface area contributed by atoms with Gasteiger partial charge in [0.2, 0.25) is 0 Å². The number of para-hydroxylation sites is 1. The Morgan fingerprint density at radius 2 is 1.63 bits per heavy atom. The number of nitrogens with two attached hydrogens (primary N) is 1. The Bertz CT molecular complexity index is 878. The van der Waals surface area contributed by atoms with Gasteiger partial charge in [-0.2, -0.15) is 0 Å². The van der Waals surface area contributed by atoms with Crippen molar-refractivity contribution in [3.05, 3.63) is 90.0 Å². The highest BCUT2D eigenvalue weighted by molar-refractivity contribution is 7.99. The molecule has 3 aromatic carbocycles. The molecule has 4 heteroatoms. The molecule has 0 spiro atoms. The summed E-state index contributed by atoms with van der Waals surface area (Å²) in [4.78, 5) is 13.8. The SMILES string of the molecule is CCOc1ccc([C@H](CC(=O)c2ccccc2)Sc2ccccc2N)cc1. The summed E-state index contributed by atoms with van der Waals surface area (Å²) in [6, 6.07) is 25.1. The molecule has 0 amide bonds. The van der Waals surface area contributed by atoms with Crippen LogP contribution in [-0.4, -0.2) is 12.4 Å². The normalized spacial score (nSPS) is 11.7. The zero-order chi connectivity index (χ0) is 19.1. The molecule has 138 valence electrons. The number of anilines is 1. The Kier molecular flexibility index (Phi) is 6.55. The van der Waals surface area contributed by atoms with Crippen LogP contribution in [0, 0.1) is 0 Å². The monoisotopic (exact) mass is 377 g/mol. The van der Waals surface area contributed by atoms with Crippen LogP contribution >= 0.6 is 11.8 Å². The summed E-state index contributed by atoms with van der Waals surface area (Å²) in [6.45, 7) is 2.59. The van der Waals surface area contributed by atoms with Crippen molar-refractivity contribution in [1.82, 2.24) is 0 Å². The molecule has 3 aromatic rings. The van der Waals surface area contributed by atoms with Gasteiger partial charge in [-0.05, 0) is 36.8 Å². The molecular formula is C23H23NO2S. The number of ketones is 1. The van der Waals surface area contributed by atoms with E-state index >= 15 is 0 Å². The van der Waals surface area contributed by atoms with Crippen LogP contribution in [0.25, 0.3) is 0 Å². The smallest absolute Gasteiger partial charge is 0.164 e. The van der Waals surface area contributed by atoms with Crippen molar-refractivity contribution < 1.29 is 9.53 Å². The van der Waals surface area contributed by atoms with Gasteiger partial charge >= 0.3 is 0 Å². The van der Waals surface area contributed by atoms with Gasteiger partial charge in [0, 0.05) is 27.8 Å². The lowest BCUT2D eigenvalue weighted by Crippen LogP contribution is -2.06. The van der Waals surface area contributed by atoms with Crippen LogP contribution in [0.1, 0.15) is 34.5 Å². The minimum absolute atomic E-state index is 0.0296. The van der Waals surface area contributed by atoms with Gasteiger partial charge in [0.1, 0.15) is 5.75 Å². The van der Waals surface area contributed by atoms with E-state index < -0.39 is 0 Å². The Balaban J connectivity index is 1.86. The van der Waals surface area contributed by atoms with E-state index in [9.17, 15) is 4.79 Å². The molecular weight excluding hydrogens is 354 g/mol. The Morgan fingerprint density at radius 1 is 0.963 bits per heavy atom. The molecule has 0 radical (unpaired) electrons. The first kappa shape index (κ1) is 19.1. The highest BCUT2D eigenvalue weighted by Crippen LogP contribution is 2.41. The minimum Gasteiger partial charge on any atom is -0.494 e. The molecule has 0 unspecified atom stereocenters. The van der Waals surface area contributed by atoms with Gasteiger partial charge in [-0.15, -0.1) is 11.8 Å². The molecule has 0 aromatic heterocycles. The summed E-state index contributed by atoms with van der Waals surface area (Å²) in [5.41, 5.74) is 8.67. The third kappa shape index (κ3) is 5.14. The quantitative estimate of drug-likeness (QED) is 0.307. The van der Waals surface area contributed by atoms with Crippen molar-refractivity contribution in [2.45, 2.75) is 23.5 Å². The molecule has 0 saturated heterocycles. The van der Waals surface area contributed by atoms with Crippen LogP contribution in [0.5, 0.6) is 5.75 Å². The first-order valence-electron chi connectivity index (χ1n) is 8.99. The first-order chi connectivity index (χ1) is 13.2. The summed E-state index contributed by atoms with van der Waals surface area (Å²) in [5, 5.41) is -0.0296. The number of hydrogen-bond acceptors (Lipinski definition) is 4. The maximum atomic E-state index is 12.8. The molecule has 3 rings (SSSR count). The van der Waals surface area contributed by atoms with E-state index in [-0.39, 0.29) is 11.0 Å².